The Balaban J connectivity index is 1.71. The average molecular weight is 291 g/mol. The van der Waals surface area contributed by atoms with E-state index in [0.717, 1.165) is 23.5 Å². The van der Waals surface area contributed by atoms with Crippen molar-refractivity contribution in [3.05, 3.63) is 23.8 Å². The number of hydrogen-bond donors (Lipinski definition) is 1. The lowest BCUT2D eigenvalue weighted by Gasteiger charge is -2.06. The highest BCUT2D eigenvalue weighted by Crippen LogP contribution is 2.29. The lowest BCUT2D eigenvalue weighted by atomic mass is 10.2. The van der Waals surface area contributed by atoms with Crippen molar-refractivity contribution in [3.8, 4) is 11.5 Å². The number of fused-ring (bicyclic) bond motifs is 1. The van der Waals surface area contributed by atoms with E-state index in [-0.39, 0.29) is 5.91 Å². The molecule has 0 bridgehead atoms. The van der Waals surface area contributed by atoms with Gasteiger partial charge in [0.1, 0.15) is 0 Å². The largest absolute Gasteiger partial charge is 0.490 e. The van der Waals surface area contributed by atoms with Gasteiger partial charge in [-0.3, -0.25) is 4.79 Å². The van der Waals surface area contributed by atoms with Crippen LogP contribution in [0.15, 0.2) is 28.4 Å². The highest BCUT2D eigenvalue weighted by Gasteiger charge is 2.16. The van der Waals surface area contributed by atoms with Crippen LogP contribution in [0.1, 0.15) is 12.0 Å². The number of carbonyl (C=O) groups excluding carboxylic acids is 1. The number of ether oxygens (including phenoxy) is 2. The molecular formula is C13H13N3O3S. The number of thioether (sulfide) groups is 1. The maximum absolute atomic E-state index is 11.0. The summed E-state index contributed by atoms with van der Waals surface area (Å²) in [5.41, 5.74) is 0.868. The Morgan fingerprint density at radius 2 is 2.10 bits per heavy atom. The molecule has 2 aliphatic rings. The Hall–Kier alpha value is -2.02. The van der Waals surface area contributed by atoms with Crippen molar-refractivity contribution in [1.29, 1.82) is 0 Å². The standard InChI is InChI=1S/C13H13N3O3S/c17-12-8-20-13(15-12)16-14-7-9-2-3-10-11(6-9)19-5-1-4-18-10/h2-3,6-7H,1,4-5,8H2,(H,15,16,17). The van der Waals surface area contributed by atoms with Gasteiger partial charge in [-0.1, -0.05) is 11.8 Å². The van der Waals surface area contributed by atoms with Gasteiger partial charge in [0.15, 0.2) is 16.7 Å². The summed E-state index contributed by atoms with van der Waals surface area (Å²) < 4.78 is 11.2. The van der Waals surface area contributed by atoms with Gasteiger partial charge in [-0.05, 0) is 23.8 Å². The fourth-order valence-corrected chi connectivity index (χ4v) is 2.42. The zero-order valence-corrected chi connectivity index (χ0v) is 11.5. The van der Waals surface area contributed by atoms with Crippen LogP contribution in [0.5, 0.6) is 11.5 Å². The third kappa shape index (κ3) is 3.11. The van der Waals surface area contributed by atoms with E-state index in [2.05, 4.69) is 15.5 Å². The summed E-state index contributed by atoms with van der Waals surface area (Å²) in [4.78, 5) is 11.0. The number of hydrogen-bond acceptors (Lipinski definition) is 6. The normalized spacial score (nSPS) is 20.2. The number of carbonyl (C=O) groups is 1. The van der Waals surface area contributed by atoms with Crippen molar-refractivity contribution in [3.63, 3.8) is 0 Å². The van der Waals surface area contributed by atoms with Gasteiger partial charge in [0.25, 0.3) is 0 Å². The van der Waals surface area contributed by atoms with Gasteiger partial charge in [-0.15, -0.1) is 5.10 Å². The molecule has 2 heterocycles. The molecule has 6 nitrogen and oxygen atoms in total. The third-order valence-corrected chi connectivity index (χ3v) is 3.58. The van der Waals surface area contributed by atoms with Gasteiger partial charge in [-0.2, -0.15) is 5.10 Å². The van der Waals surface area contributed by atoms with Gasteiger partial charge in [0.2, 0.25) is 5.91 Å². The SMILES string of the molecule is O=C1CSC(=NN=Cc2ccc3c(c2)OCCCO3)N1. The third-order valence-electron chi connectivity index (χ3n) is 2.71. The summed E-state index contributed by atoms with van der Waals surface area (Å²) >= 11 is 1.34. The monoisotopic (exact) mass is 291 g/mol. The summed E-state index contributed by atoms with van der Waals surface area (Å²) in [6.07, 6.45) is 2.50. The minimum atomic E-state index is -0.0421. The molecule has 0 aromatic heterocycles. The highest BCUT2D eigenvalue weighted by molar-refractivity contribution is 8.15. The number of amides is 1. The van der Waals surface area contributed by atoms with Crippen molar-refractivity contribution >= 4 is 29.1 Å². The predicted molar refractivity (Wildman–Crippen MR) is 77.7 cm³/mol. The Bertz CT molecular complexity index is 586. The second-order valence-electron chi connectivity index (χ2n) is 4.24. The Morgan fingerprint density at radius 3 is 2.90 bits per heavy atom. The van der Waals surface area contributed by atoms with Crippen LogP contribution in [0.3, 0.4) is 0 Å². The molecule has 7 heteroatoms. The Kier molecular flexibility index (Phi) is 3.87. The molecule has 20 heavy (non-hydrogen) atoms. The summed E-state index contributed by atoms with van der Waals surface area (Å²) in [5.74, 6) is 1.84. The number of nitrogens with one attached hydrogen (secondary N) is 1. The number of nitrogens with zero attached hydrogens (tertiary/aromatic N) is 2. The zero-order valence-electron chi connectivity index (χ0n) is 10.7. The molecule has 0 unspecified atom stereocenters. The predicted octanol–water partition coefficient (Wildman–Crippen LogP) is 1.40. The summed E-state index contributed by atoms with van der Waals surface area (Å²) in [6, 6.07) is 5.61. The second-order valence-corrected chi connectivity index (χ2v) is 5.21. The maximum Gasteiger partial charge on any atom is 0.236 e. The first-order valence-corrected chi connectivity index (χ1v) is 7.23. The molecule has 0 radical (unpaired) electrons. The average Bonchev–Trinajstić information content (AvgIpc) is 2.73. The maximum atomic E-state index is 11.0. The van der Waals surface area contributed by atoms with Crippen molar-refractivity contribution < 1.29 is 14.3 Å². The lowest BCUT2D eigenvalue weighted by Crippen LogP contribution is -2.19. The quantitative estimate of drug-likeness (QED) is 0.660. The molecule has 0 spiro atoms. The van der Waals surface area contributed by atoms with Crippen LogP contribution < -0.4 is 14.8 Å². The number of benzene rings is 1. The topological polar surface area (TPSA) is 72.3 Å². The van der Waals surface area contributed by atoms with E-state index in [0.29, 0.717) is 24.1 Å². The zero-order chi connectivity index (χ0) is 13.8. The minimum absolute atomic E-state index is 0.0421. The molecule has 0 aliphatic carbocycles. The smallest absolute Gasteiger partial charge is 0.236 e. The van der Waals surface area contributed by atoms with E-state index in [4.69, 9.17) is 9.47 Å². The molecular weight excluding hydrogens is 278 g/mol. The van der Waals surface area contributed by atoms with E-state index in [1.165, 1.54) is 11.8 Å². The van der Waals surface area contributed by atoms with E-state index in [1.807, 2.05) is 18.2 Å². The number of rotatable bonds is 2. The number of amidine groups is 1. The van der Waals surface area contributed by atoms with Gasteiger partial charge in [0.05, 0.1) is 25.2 Å². The van der Waals surface area contributed by atoms with Crippen LogP contribution in [0.2, 0.25) is 0 Å². The van der Waals surface area contributed by atoms with Crippen molar-refractivity contribution in [2.24, 2.45) is 10.2 Å². The molecule has 0 atom stereocenters. The molecule has 1 saturated heterocycles. The molecule has 1 amide bonds. The van der Waals surface area contributed by atoms with Crippen LogP contribution in [0.4, 0.5) is 0 Å². The fraction of sp³-hybridized carbons (Fsp3) is 0.308. The van der Waals surface area contributed by atoms with Crippen LogP contribution in [0, 0.1) is 0 Å². The summed E-state index contributed by atoms with van der Waals surface area (Å²) in [7, 11) is 0. The second kappa shape index (κ2) is 5.96. The van der Waals surface area contributed by atoms with Crippen LogP contribution >= 0.6 is 11.8 Å². The van der Waals surface area contributed by atoms with E-state index in [1.54, 1.807) is 6.21 Å². The van der Waals surface area contributed by atoms with Gasteiger partial charge in [-0.25, -0.2) is 0 Å². The summed E-state index contributed by atoms with van der Waals surface area (Å²) in [5, 5.41) is 11.0. The van der Waals surface area contributed by atoms with Gasteiger partial charge < -0.3 is 14.8 Å². The molecule has 1 fully saturated rings. The highest BCUT2D eigenvalue weighted by atomic mass is 32.2. The Labute approximate surface area is 120 Å². The first-order chi connectivity index (χ1) is 9.81. The Morgan fingerprint density at radius 1 is 1.25 bits per heavy atom. The van der Waals surface area contributed by atoms with E-state index >= 15 is 0 Å². The molecule has 1 N–H and O–H groups in total. The van der Waals surface area contributed by atoms with Gasteiger partial charge >= 0.3 is 0 Å². The van der Waals surface area contributed by atoms with Gasteiger partial charge in [0, 0.05) is 6.42 Å². The molecule has 2 aliphatic heterocycles. The fourth-order valence-electron chi connectivity index (χ4n) is 1.79. The minimum Gasteiger partial charge on any atom is -0.490 e. The molecule has 1 aromatic carbocycles. The van der Waals surface area contributed by atoms with Crippen LogP contribution in [0.25, 0.3) is 0 Å². The lowest BCUT2D eigenvalue weighted by molar-refractivity contribution is -0.116. The van der Waals surface area contributed by atoms with Crippen LogP contribution in [-0.2, 0) is 4.79 Å². The molecule has 1 aromatic rings. The summed E-state index contributed by atoms with van der Waals surface area (Å²) in [6.45, 7) is 1.32. The first kappa shape index (κ1) is 13.0. The van der Waals surface area contributed by atoms with Crippen molar-refractivity contribution in [1.82, 2.24) is 5.32 Å². The molecule has 104 valence electrons. The van der Waals surface area contributed by atoms with E-state index < -0.39 is 0 Å². The van der Waals surface area contributed by atoms with Crippen molar-refractivity contribution in [2.75, 3.05) is 19.0 Å². The first-order valence-electron chi connectivity index (χ1n) is 6.24. The molecule has 0 saturated carbocycles. The van der Waals surface area contributed by atoms with E-state index in [9.17, 15) is 4.79 Å². The molecule has 3 rings (SSSR count). The van der Waals surface area contributed by atoms with Crippen LogP contribution in [-0.4, -0.2) is 36.3 Å². The van der Waals surface area contributed by atoms with Crippen molar-refractivity contribution in [2.45, 2.75) is 6.42 Å².